The predicted octanol–water partition coefficient (Wildman–Crippen LogP) is -0.176. The highest BCUT2D eigenvalue weighted by atomic mass is 16.3. The van der Waals surface area contributed by atoms with Crippen molar-refractivity contribution in [1.29, 1.82) is 0 Å². The average molecular weight is 158 g/mol. The van der Waals surface area contributed by atoms with E-state index in [2.05, 4.69) is 0 Å². The fourth-order valence-corrected chi connectivity index (χ4v) is 1.75. The molecule has 1 rings (SSSR count). The molecule has 1 aliphatic carbocycles. The van der Waals surface area contributed by atoms with Crippen LogP contribution in [0.1, 0.15) is 25.7 Å². The van der Waals surface area contributed by atoms with Crippen LogP contribution in [0.15, 0.2) is 0 Å². The van der Waals surface area contributed by atoms with Crippen molar-refractivity contribution in [3.63, 3.8) is 0 Å². The van der Waals surface area contributed by atoms with Crippen molar-refractivity contribution in [3.05, 3.63) is 0 Å². The normalized spacial score (nSPS) is 39.0. The van der Waals surface area contributed by atoms with E-state index >= 15 is 0 Å². The van der Waals surface area contributed by atoms with Crippen molar-refractivity contribution < 1.29 is 5.11 Å². The van der Waals surface area contributed by atoms with E-state index in [4.69, 9.17) is 11.5 Å². The molecule has 3 unspecified atom stereocenters. The van der Waals surface area contributed by atoms with Gasteiger partial charge in [0.25, 0.3) is 0 Å². The van der Waals surface area contributed by atoms with Crippen molar-refractivity contribution in [2.24, 2.45) is 17.4 Å². The van der Waals surface area contributed by atoms with E-state index in [1.807, 2.05) is 0 Å². The molecule has 5 N–H and O–H groups in total. The lowest BCUT2D eigenvalue weighted by atomic mass is 9.82. The summed E-state index contributed by atoms with van der Waals surface area (Å²) in [5.41, 5.74) is 11.1. The fraction of sp³-hybridized carbons (Fsp3) is 1.00. The molecule has 3 heteroatoms. The number of hydrogen-bond donors (Lipinski definition) is 3. The van der Waals surface area contributed by atoms with Crippen LogP contribution in [0, 0.1) is 5.92 Å². The molecule has 0 radical (unpaired) electrons. The second kappa shape index (κ2) is 4.04. The zero-order valence-electron chi connectivity index (χ0n) is 6.87. The van der Waals surface area contributed by atoms with Crippen LogP contribution in [-0.4, -0.2) is 23.8 Å². The summed E-state index contributed by atoms with van der Waals surface area (Å²) >= 11 is 0. The van der Waals surface area contributed by atoms with Gasteiger partial charge in [0.05, 0.1) is 6.10 Å². The standard InChI is InChI=1S/C8H18N2O/c9-4-3-6-1-2-7(10)8(11)5-6/h6-8,11H,1-5,9-10H2. The molecule has 11 heavy (non-hydrogen) atoms. The predicted molar refractivity (Wildman–Crippen MR) is 45.0 cm³/mol. The van der Waals surface area contributed by atoms with Gasteiger partial charge < -0.3 is 16.6 Å². The highest BCUT2D eigenvalue weighted by Gasteiger charge is 2.25. The summed E-state index contributed by atoms with van der Waals surface area (Å²) in [6.07, 6.45) is 3.67. The Hall–Kier alpha value is -0.120. The monoisotopic (exact) mass is 158 g/mol. The second-order valence-electron chi connectivity index (χ2n) is 3.49. The third-order valence-electron chi connectivity index (χ3n) is 2.55. The highest BCUT2D eigenvalue weighted by molar-refractivity contribution is 4.81. The molecular weight excluding hydrogens is 140 g/mol. The number of hydrogen-bond acceptors (Lipinski definition) is 3. The van der Waals surface area contributed by atoms with Crippen LogP contribution in [0.25, 0.3) is 0 Å². The third-order valence-corrected chi connectivity index (χ3v) is 2.55. The molecule has 0 aromatic rings. The first kappa shape index (κ1) is 8.97. The summed E-state index contributed by atoms with van der Waals surface area (Å²) in [5, 5.41) is 9.41. The molecule has 0 aromatic carbocycles. The van der Waals surface area contributed by atoms with Gasteiger partial charge in [0, 0.05) is 6.04 Å². The zero-order valence-corrected chi connectivity index (χ0v) is 6.87. The average Bonchev–Trinajstić information content (AvgIpc) is 1.98. The van der Waals surface area contributed by atoms with Crippen LogP contribution in [0.4, 0.5) is 0 Å². The van der Waals surface area contributed by atoms with Gasteiger partial charge in [-0.1, -0.05) is 0 Å². The molecule has 1 saturated carbocycles. The van der Waals surface area contributed by atoms with E-state index in [9.17, 15) is 5.11 Å². The quantitative estimate of drug-likeness (QED) is 0.522. The van der Waals surface area contributed by atoms with Gasteiger partial charge in [0.15, 0.2) is 0 Å². The lowest BCUT2D eigenvalue weighted by molar-refractivity contribution is 0.0791. The Morgan fingerprint density at radius 2 is 2.09 bits per heavy atom. The van der Waals surface area contributed by atoms with E-state index in [-0.39, 0.29) is 12.1 Å². The van der Waals surface area contributed by atoms with Gasteiger partial charge in [-0.05, 0) is 38.1 Å². The fourth-order valence-electron chi connectivity index (χ4n) is 1.75. The van der Waals surface area contributed by atoms with Gasteiger partial charge in [-0.25, -0.2) is 0 Å². The van der Waals surface area contributed by atoms with Crippen molar-refractivity contribution in [2.75, 3.05) is 6.54 Å². The Bertz CT molecular complexity index is 119. The lowest BCUT2D eigenvalue weighted by Gasteiger charge is -2.30. The Balaban J connectivity index is 2.28. The largest absolute Gasteiger partial charge is 0.392 e. The maximum Gasteiger partial charge on any atom is 0.0693 e. The van der Waals surface area contributed by atoms with Crippen LogP contribution in [0.2, 0.25) is 0 Å². The van der Waals surface area contributed by atoms with Crippen LogP contribution < -0.4 is 11.5 Å². The smallest absolute Gasteiger partial charge is 0.0693 e. The molecular formula is C8H18N2O. The molecule has 3 nitrogen and oxygen atoms in total. The maximum absolute atomic E-state index is 9.41. The summed E-state index contributed by atoms with van der Waals surface area (Å²) < 4.78 is 0. The number of aliphatic hydroxyl groups excluding tert-OH is 1. The highest BCUT2D eigenvalue weighted by Crippen LogP contribution is 2.25. The molecule has 0 amide bonds. The van der Waals surface area contributed by atoms with Gasteiger partial charge >= 0.3 is 0 Å². The van der Waals surface area contributed by atoms with E-state index in [0.717, 1.165) is 32.2 Å². The van der Waals surface area contributed by atoms with Crippen molar-refractivity contribution in [3.8, 4) is 0 Å². The van der Waals surface area contributed by atoms with Crippen LogP contribution >= 0.6 is 0 Å². The molecule has 66 valence electrons. The first-order chi connectivity index (χ1) is 5.24. The van der Waals surface area contributed by atoms with Gasteiger partial charge in [0.1, 0.15) is 0 Å². The molecule has 0 aliphatic heterocycles. The minimum Gasteiger partial charge on any atom is -0.392 e. The first-order valence-electron chi connectivity index (χ1n) is 4.37. The molecule has 1 fully saturated rings. The molecule has 0 saturated heterocycles. The summed E-state index contributed by atoms with van der Waals surface area (Å²) in [6, 6.07) is 0.00373. The Morgan fingerprint density at radius 3 is 2.64 bits per heavy atom. The SMILES string of the molecule is NCCC1CCC(N)C(O)C1. The molecule has 0 bridgehead atoms. The molecule has 0 aromatic heterocycles. The zero-order chi connectivity index (χ0) is 8.27. The summed E-state index contributed by atoms with van der Waals surface area (Å²) in [6.45, 7) is 0.729. The van der Waals surface area contributed by atoms with Gasteiger partial charge in [-0.15, -0.1) is 0 Å². The van der Waals surface area contributed by atoms with Gasteiger partial charge in [0.2, 0.25) is 0 Å². The van der Waals surface area contributed by atoms with E-state index in [1.165, 1.54) is 0 Å². The van der Waals surface area contributed by atoms with Crippen LogP contribution in [-0.2, 0) is 0 Å². The maximum atomic E-state index is 9.41. The van der Waals surface area contributed by atoms with E-state index in [1.54, 1.807) is 0 Å². The number of nitrogens with two attached hydrogens (primary N) is 2. The van der Waals surface area contributed by atoms with Crippen LogP contribution in [0.3, 0.4) is 0 Å². The Morgan fingerprint density at radius 1 is 1.36 bits per heavy atom. The second-order valence-corrected chi connectivity index (χ2v) is 3.49. The summed E-state index contributed by atoms with van der Waals surface area (Å²) in [7, 11) is 0. The van der Waals surface area contributed by atoms with Crippen molar-refractivity contribution in [2.45, 2.75) is 37.8 Å². The molecule has 0 heterocycles. The summed E-state index contributed by atoms with van der Waals surface area (Å²) in [4.78, 5) is 0. The molecule has 1 aliphatic rings. The molecule has 0 spiro atoms. The topological polar surface area (TPSA) is 72.3 Å². The van der Waals surface area contributed by atoms with Crippen molar-refractivity contribution in [1.82, 2.24) is 0 Å². The minimum absolute atomic E-state index is 0.00373. The van der Waals surface area contributed by atoms with Crippen LogP contribution in [0.5, 0.6) is 0 Å². The van der Waals surface area contributed by atoms with Crippen molar-refractivity contribution >= 4 is 0 Å². The first-order valence-corrected chi connectivity index (χ1v) is 4.37. The van der Waals surface area contributed by atoms with Gasteiger partial charge in [-0.2, -0.15) is 0 Å². The van der Waals surface area contributed by atoms with Gasteiger partial charge in [-0.3, -0.25) is 0 Å². The lowest BCUT2D eigenvalue weighted by Crippen LogP contribution is -2.40. The van der Waals surface area contributed by atoms with E-state index < -0.39 is 0 Å². The van der Waals surface area contributed by atoms with E-state index in [0.29, 0.717) is 5.92 Å². The summed E-state index contributed by atoms with van der Waals surface area (Å²) in [5.74, 6) is 0.606. The minimum atomic E-state index is -0.291. The number of aliphatic hydroxyl groups is 1. The Kier molecular flexibility index (Phi) is 3.30. The third kappa shape index (κ3) is 2.43. The Labute approximate surface area is 67.8 Å². The number of rotatable bonds is 2. The molecule has 3 atom stereocenters.